The highest BCUT2D eigenvalue weighted by atomic mass is 79.9. The highest BCUT2D eigenvalue weighted by Gasteiger charge is 2.26. The van der Waals surface area contributed by atoms with E-state index >= 15 is 0 Å². The zero-order valence-electron chi connectivity index (χ0n) is 10.0. The summed E-state index contributed by atoms with van der Waals surface area (Å²) in [4.78, 5) is 22.9. The Morgan fingerprint density at radius 2 is 2.05 bits per heavy atom. The molecule has 0 N–H and O–H groups in total. The first-order valence-corrected chi connectivity index (χ1v) is 6.66. The van der Waals surface area contributed by atoms with Crippen LogP contribution in [0.3, 0.4) is 0 Å². The third-order valence-corrected chi connectivity index (χ3v) is 3.89. The number of benzene rings is 1. The van der Waals surface area contributed by atoms with E-state index in [0.29, 0.717) is 25.9 Å². The highest BCUT2D eigenvalue weighted by molar-refractivity contribution is 9.10. The first-order valence-electron chi connectivity index (χ1n) is 5.86. The first kappa shape index (κ1) is 13.9. The molecule has 0 aliphatic carbocycles. The van der Waals surface area contributed by atoms with Crippen LogP contribution in [0.4, 0.5) is 15.8 Å². The summed E-state index contributed by atoms with van der Waals surface area (Å²) in [6, 6.07) is 2.35. The number of nitro benzene ring substituents is 1. The topological polar surface area (TPSA) is 63.5 Å². The number of halogens is 2. The molecule has 7 heteroatoms. The van der Waals surface area contributed by atoms with Crippen LogP contribution in [0.1, 0.15) is 12.8 Å². The average molecular weight is 331 g/mol. The molecule has 0 amide bonds. The van der Waals surface area contributed by atoms with Crippen molar-refractivity contribution in [2.45, 2.75) is 12.8 Å². The predicted molar refractivity (Wildman–Crippen MR) is 71.8 cm³/mol. The SMILES string of the molecule is O=CC1CCN(c2cc(F)c(Br)cc2[N+](=O)[O-])CC1. The molecule has 1 aromatic rings. The normalized spacial score (nSPS) is 16.4. The summed E-state index contributed by atoms with van der Waals surface area (Å²) in [5.41, 5.74) is 0.146. The minimum Gasteiger partial charge on any atom is -0.366 e. The van der Waals surface area contributed by atoms with Crippen molar-refractivity contribution in [1.29, 1.82) is 0 Å². The van der Waals surface area contributed by atoms with E-state index < -0.39 is 10.7 Å². The number of hydrogen-bond acceptors (Lipinski definition) is 4. The number of piperidine rings is 1. The number of rotatable bonds is 3. The fourth-order valence-corrected chi connectivity index (χ4v) is 2.53. The molecule has 0 unspecified atom stereocenters. The van der Waals surface area contributed by atoms with Gasteiger partial charge < -0.3 is 9.69 Å². The van der Waals surface area contributed by atoms with Gasteiger partial charge in [-0.05, 0) is 28.8 Å². The highest BCUT2D eigenvalue weighted by Crippen LogP contribution is 2.35. The van der Waals surface area contributed by atoms with Gasteiger partial charge in [0.05, 0.1) is 9.40 Å². The van der Waals surface area contributed by atoms with Crippen LogP contribution >= 0.6 is 15.9 Å². The lowest BCUT2D eigenvalue weighted by atomic mass is 9.98. The van der Waals surface area contributed by atoms with Crippen LogP contribution < -0.4 is 4.90 Å². The maximum absolute atomic E-state index is 13.6. The molecule has 0 radical (unpaired) electrons. The summed E-state index contributed by atoms with van der Waals surface area (Å²) in [7, 11) is 0. The number of aldehydes is 1. The minimum atomic E-state index is -0.530. The molecule has 1 aliphatic rings. The second-order valence-corrected chi connectivity index (χ2v) is 5.33. The van der Waals surface area contributed by atoms with E-state index in [1.54, 1.807) is 4.90 Å². The molecular formula is C12H12BrFN2O3. The van der Waals surface area contributed by atoms with Crippen molar-refractivity contribution in [3.05, 3.63) is 32.5 Å². The van der Waals surface area contributed by atoms with E-state index in [0.717, 1.165) is 6.29 Å². The Morgan fingerprint density at radius 3 is 2.58 bits per heavy atom. The maximum atomic E-state index is 13.6. The van der Waals surface area contributed by atoms with E-state index in [1.165, 1.54) is 12.1 Å². The zero-order valence-corrected chi connectivity index (χ0v) is 11.6. The summed E-state index contributed by atoms with van der Waals surface area (Å²) in [6.45, 7) is 1.04. The Morgan fingerprint density at radius 1 is 1.42 bits per heavy atom. The number of nitro groups is 1. The number of hydrogen-bond donors (Lipinski definition) is 0. The lowest BCUT2D eigenvalue weighted by molar-refractivity contribution is -0.384. The number of carbonyl (C=O) groups is 1. The lowest BCUT2D eigenvalue weighted by Crippen LogP contribution is -2.34. The Hall–Kier alpha value is -1.50. The van der Waals surface area contributed by atoms with Gasteiger partial charge >= 0.3 is 0 Å². The van der Waals surface area contributed by atoms with Gasteiger partial charge in [0, 0.05) is 31.1 Å². The van der Waals surface area contributed by atoms with E-state index in [1.807, 2.05) is 0 Å². The molecule has 19 heavy (non-hydrogen) atoms. The summed E-state index contributed by atoms with van der Waals surface area (Å²) in [5.74, 6) is -0.534. The molecule has 0 bridgehead atoms. The van der Waals surface area contributed by atoms with Crippen molar-refractivity contribution in [2.24, 2.45) is 5.92 Å². The van der Waals surface area contributed by atoms with E-state index in [9.17, 15) is 19.3 Å². The van der Waals surface area contributed by atoms with E-state index in [4.69, 9.17) is 0 Å². The van der Waals surface area contributed by atoms with E-state index in [2.05, 4.69) is 15.9 Å². The fourth-order valence-electron chi connectivity index (χ4n) is 2.20. The van der Waals surface area contributed by atoms with Crippen molar-refractivity contribution in [3.63, 3.8) is 0 Å². The van der Waals surface area contributed by atoms with Crippen LogP contribution in [-0.2, 0) is 4.79 Å². The smallest absolute Gasteiger partial charge is 0.293 e. The third kappa shape index (κ3) is 2.91. The molecular weight excluding hydrogens is 319 g/mol. The second-order valence-electron chi connectivity index (χ2n) is 4.47. The molecule has 5 nitrogen and oxygen atoms in total. The van der Waals surface area contributed by atoms with Gasteiger partial charge in [-0.25, -0.2) is 4.39 Å². The van der Waals surface area contributed by atoms with Gasteiger partial charge in [0.2, 0.25) is 0 Å². The molecule has 1 aliphatic heterocycles. The third-order valence-electron chi connectivity index (χ3n) is 3.29. The summed E-state index contributed by atoms with van der Waals surface area (Å²) in [6.07, 6.45) is 2.19. The molecule has 1 saturated heterocycles. The standard InChI is InChI=1S/C12H12BrFN2O3/c13-9-5-12(16(18)19)11(6-10(9)14)15-3-1-8(7-17)2-4-15/h5-8H,1-4H2. The number of nitrogens with zero attached hydrogens (tertiary/aromatic N) is 2. The Kier molecular flexibility index (Phi) is 4.14. The Bertz CT molecular complexity index is 516. The largest absolute Gasteiger partial charge is 0.366 e. The van der Waals surface area contributed by atoms with Crippen LogP contribution in [0.5, 0.6) is 0 Å². The number of carbonyl (C=O) groups excluding carboxylic acids is 1. The fraction of sp³-hybridized carbons (Fsp3) is 0.417. The molecule has 0 atom stereocenters. The van der Waals surface area contributed by atoms with Crippen molar-refractivity contribution >= 4 is 33.6 Å². The van der Waals surface area contributed by atoms with Gasteiger partial charge in [0.1, 0.15) is 17.8 Å². The monoisotopic (exact) mass is 330 g/mol. The molecule has 102 valence electrons. The van der Waals surface area contributed by atoms with Gasteiger partial charge in [-0.15, -0.1) is 0 Å². The van der Waals surface area contributed by atoms with E-state index in [-0.39, 0.29) is 21.8 Å². The number of anilines is 1. The van der Waals surface area contributed by atoms with Gasteiger partial charge in [-0.2, -0.15) is 0 Å². The summed E-state index contributed by atoms with van der Waals surface area (Å²) in [5, 5.41) is 11.0. The van der Waals surface area contributed by atoms with Crippen molar-refractivity contribution in [2.75, 3.05) is 18.0 Å². The zero-order chi connectivity index (χ0) is 14.0. The molecule has 1 fully saturated rings. The Balaban J connectivity index is 2.31. The molecule has 1 aromatic carbocycles. The van der Waals surface area contributed by atoms with Crippen molar-refractivity contribution < 1.29 is 14.1 Å². The van der Waals surface area contributed by atoms with Crippen LogP contribution in [0.25, 0.3) is 0 Å². The maximum Gasteiger partial charge on any atom is 0.293 e. The summed E-state index contributed by atoms with van der Waals surface area (Å²) < 4.78 is 13.6. The molecule has 2 rings (SSSR count). The quantitative estimate of drug-likeness (QED) is 0.485. The van der Waals surface area contributed by atoms with Gasteiger partial charge in [-0.3, -0.25) is 10.1 Å². The molecule has 0 spiro atoms. The van der Waals surface area contributed by atoms with Crippen LogP contribution in [-0.4, -0.2) is 24.3 Å². The van der Waals surface area contributed by atoms with Gasteiger partial charge in [0.25, 0.3) is 5.69 Å². The van der Waals surface area contributed by atoms with Crippen molar-refractivity contribution in [3.8, 4) is 0 Å². The molecule has 1 heterocycles. The molecule has 0 saturated carbocycles. The van der Waals surface area contributed by atoms with Crippen molar-refractivity contribution in [1.82, 2.24) is 0 Å². The first-order chi connectivity index (χ1) is 9.02. The van der Waals surface area contributed by atoms with Crippen LogP contribution in [0.15, 0.2) is 16.6 Å². The second kappa shape index (κ2) is 5.64. The average Bonchev–Trinajstić information content (AvgIpc) is 2.41. The van der Waals surface area contributed by atoms with Crippen LogP contribution in [0, 0.1) is 21.8 Å². The van der Waals surface area contributed by atoms with Gasteiger partial charge in [-0.1, -0.05) is 0 Å². The lowest BCUT2D eigenvalue weighted by Gasteiger charge is -2.31. The summed E-state index contributed by atoms with van der Waals surface area (Å²) >= 11 is 2.95. The molecule has 0 aromatic heterocycles. The Labute approximate surface area is 117 Å². The van der Waals surface area contributed by atoms with Crippen LogP contribution in [0.2, 0.25) is 0 Å². The predicted octanol–water partition coefficient (Wildman–Crippen LogP) is 2.91. The minimum absolute atomic E-state index is 0.00407. The van der Waals surface area contributed by atoms with Gasteiger partial charge in [0.15, 0.2) is 0 Å².